The number of benzene rings is 3. The monoisotopic (exact) mass is 672 g/mol. The number of aromatic nitrogens is 4. The van der Waals surface area contributed by atoms with Crippen molar-refractivity contribution < 1.29 is 17.9 Å². The molecule has 5 aromatic rings. The predicted molar refractivity (Wildman–Crippen MR) is 183 cm³/mol. The second-order valence-corrected chi connectivity index (χ2v) is 15.4. The number of amides is 1. The maximum absolute atomic E-state index is 14.0. The van der Waals surface area contributed by atoms with Crippen LogP contribution < -0.4 is 10.5 Å². The van der Waals surface area contributed by atoms with Crippen molar-refractivity contribution in [3.8, 4) is 5.75 Å². The number of primary amides is 1. The van der Waals surface area contributed by atoms with Crippen LogP contribution in [0.2, 0.25) is 0 Å². The van der Waals surface area contributed by atoms with E-state index in [1.165, 1.54) is 0 Å². The highest BCUT2D eigenvalue weighted by molar-refractivity contribution is 7.89. The first-order chi connectivity index (χ1) is 22.4. The summed E-state index contributed by atoms with van der Waals surface area (Å²) in [4.78, 5) is 12.6. The summed E-state index contributed by atoms with van der Waals surface area (Å²) in [5.41, 5.74) is 12.5. The minimum absolute atomic E-state index is 0.182. The minimum atomic E-state index is -3.83. The van der Waals surface area contributed by atoms with Crippen molar-refractivity contribution in [3.63, 3.8) is 0 Å². The highest BCUT2D eigenvalue weighted by atomic mass is 32.2. The van der Waals surface area contributed by atoms with E-state index in [1.54, 1.807) is 34.6 Å². The molecule has 3 aromatic carbocycles. The molecule has 0 spiro atoms. The first kappa shape index (κ1) is 32.8. The molecule has 1 aliphatic heterocycles. The lowest BCUT2D eigenvalue weighted by Crippen LogP contribution is -2.36. The molecular weight excluding hydrogens is 633 g/mol. The molecule has 3 heterocycles. The fraction of sp³-hybridized carbons (Fsp3) is 0.371. The fourth-order valence-electron chi connectivity index (χ4n) is 6.59. The largest absolute Gasteiger partial charge is 0.488 e. The summed E-state index contributed by atoms with van der Waals surface area (Å²) in [5.74, 6) is -0.366. The molecule has 1 aliphatic rings. The summed E-state index contributed by atoms with van der Waals surface area (Å²) in [6, 6.07) is 19.1. The molecule has 10 nitrogen and oxygen atoms in total. The van der Waals surface area contributed by atoms with Crippen molar-refractivity contribution in [2.75, 3.05) is 6.54 Å². The molecule has 0 radical (unpaired) electrons. The molecule has 2 atom stereocenters. The molecule has 246 valence electrons. The Kier molecular flexibility index (Phi) is 8.71. The van der Waals surface area contributed by atoms with Crippen molar-refractivity contribution >= 4 is 38.5 Å². The van der Waals surface area contributed by atoms with Gasteiger partial charge in [-0.3, -0.25) is 4.79 Å². The third-order valence-electron chi connectivity index (χ3n) is 9.40. The Morgan fingerprint density at radius 1 is 1.11 bits per heavy atom. The van der Waals surface area contributed by atoms with Gasteiger partial charge in [0.2, 0.25) is 10.0 Å². The molecule has 0 fully saturated rings. The molecule has 0 bridgehead atoms. The van der Waals surface area contributed by atoms with E-state index in [0.29, 0.717) is 23.6 Å². The van der Waals surface area contributed by atoms with Gasteiger partial charge in [-0.15, -0.1) is 5.10 Å². The van der Waals surface area contributed by atoms with E-state index in [9.17, 15) is 13.2 Å². The number of hydrogen-bond donors (Lipinski definition) is 1. The van der Waals surface area contributed by atoms with E-state index < -0.39 is 21.3 Å². The zero-order chi connectivity index (χ0) is 33.7. The van der Waals surface area contributed by atoms with Gasteiger partial charge in [0.05, 0.1) is 17.8 Å². The average molecular weight is 673 g/mol. The highest BCUT2D eigenvalue weighted by Gasteiger charge is 2.39. The summed E-state index contributed by atoms with van der Waals surface area (Å²) in [6.07, 6.45) is 0.389. The number of hydrogen-bond acceptors (Lipinski definition) is 8. The van der Waals surface area contributed by atoms with Crippen molar-refractivity contribution in [3.05, 3.63) is 99.1 Å². The van der Waals surface area contributed by atoms with Crippen molar-refractivity contribution in [1.82, 2.24) is 23.7 Å². The van der Waals surface area contributed by atoms with Crippen LogP contribution in [-0.4, -0.2) is 50.6 Å². The number of sulfonamides is 1. The predicted octanol–water partition coefficient (Wildman–Crippen LogP) is 6.10. The number of rotatable bonds is 9. The normalized spacial score (nSPS) is 17.2. The molecule has 0 aliphatic carbocycles. The van der Waals surface area contributed by atoms with Crippen LogP contribution in [0, 0.1) is 13.8 Å². The Balaban J connectivity index is 1.49. The third kappa shape index (κ3) is 5.83. The first-order valence-corrected chi connectivity index (χ1v) is 18.0. The first-order valence-electron chi connectivity index (χ1n) is 15.8. The Morgan fingerprint density at radius 3 is 2.57 bits per heavy atom. The zero-order valence-corrected chi connectivity index (χ0v) is 29.2. The van der Waals surface area contributed by atoms with Crippen LogP contribution in [0.15, 0.2) is 65.6 Å². The number of fused-ring (bicyclic) bond motifs is 2. The maximum atomic E-state index is 14.0. The quantitative estimate of drug-likeness (QED) is 0.200. The van der Waals surface area contributed by atoms with E-state index in [2.05, 4.69) is 61.4 Å². The Labute approximate surface area is 279 Å². The van der Waals surface area contributed by atoms with Gasteiger partial charge in [-0.05, 0) is 90.8 Å². The smallest absolute Gasteiger partial charge is 0.260 e. The molecule has 12 heteroatoms. The van der Waals surface area contributed by atoms with Crippen molar-refractivity contribution in [1.29, 1.82) is 0 Å². The minimum Gasteiger partial charge on any atom is -0.488 e. The third-order valence-corrected chi connectivity index (χ3v) is 12.1. The van der Waals surface area contributed by atoms with Crippen LogP contribution in [0.5, 0.6) is 5.75 Å². The van der Waals surface area contributed by atoms with E-state index >= 15 is 0 Å². The molecular formula is C35H40N6O4S2. The van der Waals surface area contributed by atoms with Crippen LogP contribution in [0.3, 0.4) is 0 Å². The van der Waals surface area contributed by atoms with E-state index in [4.69, 9.17) is 14.8 Å². The number of aryl methyl sites for hydroxylation is 3. The van der Waals surface area contributed by atoms with Gasteiger partial charge in [0.1, 0.15) is 27.1 Å². The lowest BCUT2D eigenvalue weighted by atomic mass is 9.68. The van der Waals surface area contributed by atoms with Gasteiger partial charge in [0.25, 0.3) is 5.91 Å². The Bertz CT molecular complexity index is 2080. The highest BCUT2D eigenvalue weighted by Crippen LogP contribution is 2.46. The molecule has 6 rings (SSSR count). The van der Waals surface area contributed by atoms with Gasteiger partial charge in [0.15, 0.2) is 0 Å². The number of nitrogens with zero attached hydrogens (tertiary/aromatic N) is 5. The van der Waals surface area contributed by atoms with Crippen LogP contribution >= 0.6 is 11.5 Å². The van der Waals surface area contributed by atoms with Gasteiger partial charge >= 0.3 is 0 Å². The van der Waals surface area contributed by atoms with Crippen molar-refractivity contribution in [2.45, 2.75) is 83.4 Å². The molecule has 1 amide bonds. The number of para-hydroxylation sites is 1. The SMILES string of the molecule is CC[C@@H]1CN(Cc2cc([C@@H](c3ccc4c(nnn4CC)c3C)C(C)(C)c3cc(C(N)=O)sn3)ccc2C)S(=O)(=O)c2ccccc2O1. The summed E-state index contributed by atoms with van der Waals surface area (Å²) < 4.78 is 42.3. The lowest BCUT2D eigenvalue weighted by Gasteiger charge is -2.35. The lowest BCUT2D eigenvalue weighted by molar-refractivity contribution is 0.100. The van der Waals surface area contributed by atoms with E-state index in [0.717, 1.165) is 56.1 Å². The second-order valence-electron chi connectivity index (χ2n) is 12.7. The Morgan fingerprint density at radius 2 is 1.87 bits per heavy atom. The number of carbonyl (C=O) groups is 1. The van der Waals surface area contributed by atoms with Crippen LogP contribution in [0.1, 0.15) is 83.2 Å². The van der Waals surface area contributed by atoms with E-state index in [1.807, 2.05) is 25.5 Å². The molecule has 47 heavy (non-hydrogen) atoms. The van der Waals surface area contributed by atoms with Crippen LogP contribution in [0.25, 0.3) is 11.0 Å². The summed E-state index contributed by atoms with van der Waals surface area (Å²) in [5, 5.41) is 8.89. The molecule has 2 N–H and O–H groups in total. The van der Waals surface area contributed by atoms with Crippen LogP contribution in [-0.2, 0) is 28.5 Å². The summed E-state index contributed by atoms with van der Waals surface area (Å²) in [6.45, 7) is 13.5. The van der Waals surface area contributed by atoms with Crippen LogP contribution in [0.4, 0.5) is 0 Å². The number of ether oxygens (including phenoxy) is 1. The van der Waals surface area contributed by atoms with Gasteiger partial charge < -0.3 is 10.5 Å². The van der Waals surface area contributed by atoms with Gasteiger partial charge in [-0.1, -0.05) is 62.4 Å². The molecule has 0 saturated carbocycles. The van der Waals surface area contributed by atoms with Crippen molar-refractivity contribution in [2.24, 2.45) is 5.73 Å². The number of nitrogens with two attached hydrogens (primary N) is 1. The molecule has 2 aromatic heterocycles. The second kappa shape index (κ2) is 12.5. The molecule has 0 saturated heterocycles. The van der Waals surface area contributed by atoms with Gasteiger partial charge in [-0.25, -0.2) is 13.1 Å². The van der Waals surface area contributed by atoms with E-state index in [-0.39, 0.29) is 30.0 Å². The standard InChI is InChI=1S/C35H40N6O4S2/c1-7-25-20-40(47(43,44)30-12-10-9-11-28(30)45-25)19-24-17-23(14-13-21(24)3)32(35(5,6)31-18-29(34(36)42)46-38-31)26-15-16-27-33(22(26)4)37-39-41(27)8-2/h9-18,25,32H,7-8,19-20H2,1-6H3,(H2,36,42)/t25-,32+/m1/s1. The number of carbonyl (C=O) groups excluding carboxylic acids is 1. The average Bonchev–Trinajstić information content (AvgIpc) is 3.70. The summed E-state index contributed by atoms with van der Waals surface area (Å²) in [7, 11) is -3.83. The zero-order valence-electron chi connectivity index (χ0n) is 27.5. The van der Waals surface area contributed by atoms with Gasteiger partial charge in [-0.2, -0.15) is 8.68 Å². The summed E-state index contributed by atoms with van der Waals surface area (Å²) >= 11 is 1.10. The molecule has 0 unspecified atom stereocenters. The topological polar surface area (TPSA) is 133 Å². The Hall–Kier alpha value is -4.13. The fourth-order valence-corrected chi connectivity index (χ4v) is 8.90. The van der Waals surface area contributed by atoms with Gasteiger partial charge in [0, 0.05) is 24.4 Å². The maximum Gasteiger partial charge on any atom is 0.260 e.